The number of carbonyl (C=O) groups excluding carboxylic acids is 3. The molecule has 166 valence electrons. The molecule has 4 atom stereocenters. The van der Waals surface area contributed by atoms with Gasteiger partial charge >= 0.3 is 5.97 Å². The highest BCUT2D eigenvalue weighted by Gasteiger charge is 2.67. The highest BCUT2D eigenvalue weighted by Crippen LogP contribution is 2.57. The van der Waals surface area contributed by atoms with E-state index in [0.717, 1.165) is 0 Å². The van der Waals surface area contributed by atoms with E-state index in [4.69, 9.17) is 32.7 Å². The second-order valence-electron chi connectivity index (χ2n) is 8.30. The van der Waals surface area contributed by atoms with E-state index in [0.29, 0.717) is 32.6 Å². The number of amides is 2. The van der Waals surface area contributed by atoms with E-state index in [1.807, 2.05) is 0 Å². The fourth-order valence-electron chi connectivity index (χ4n) is 5.26. The third-order valence-electron chi connectivity index (χ3n) is 6.62. The van der Waals surface area contributed by atoms with E-state index in [2.05, 4.69) is 5.32 Å². The Morgan fingerprint density at radius 1 is 1.22 bits per heavy atom. The molecule has 9 heteroatoms. The molecule has 0 aromatic heterocycles. The van der Waals surface area contributed by atoms with Gasteiger partial charge in [-0.15, -0.1) is 0 Å². The van der Waals surface area contributed by atoms with E-state index in [1.54, 1.807) is 44.2 Å². The summed E-state index contributed by atoms with van der Waals surface area (Å²) in [5, 5.41) is 3.66. The molecule has 0 radical (unpaired) electrons. The summed E-state index contributed by atoms with van der Waals surface area (Å²) >= 11 is 12.4. The number of hydrogen-bond donors (Lipinski definition) is 1. The van der Waals surface area contributed by atoms with Crippen LogP contribution in [0, 0.1) is 11.8 Å². The van der Waals surface area contributed by atoms with Gasteiger partial charge in [-0.25, -0.2) is 0 Å². The van der Waals surface area contributed by atoms with Gasteiger partial charge in [-0.2, -0.15) is 0 Å². The zero-order valence-corrected chi connectivity index (χ0v) is 18.9. The van der Waals surface area contributed by atoms with Crippen molar-refractivity contribution < 1.29 is 23.9 Å². The Labute approximate surface area is 194 Å². The summed E-state index contributed by atoms with van der Waals surface area (Å²) in [6.07, 6.45) is 0. The fraction of sp³-hybridized carbons (Fsp3) is 0.348. The number of esters is 1. The number of carbonyl (C=O) groups is 3. The quantitative estimate of drug-likeness (QED) is 0.662. The van der Waals surface area contributed by atoms with Crippen LogP contribution in [0.2, 0.25) is 10.0 Å². The lowest BCUT2D eigenvalue weighted by atomic mass is 9.77. The van der Waals surface area contributed by atoms with Crippen LogP contribution >= 0.6 is 23.2 Å². The summed E-state index contributed by atoms with van der Waals surface area (Å²) < 4.78 is 11.3. The van der Waals surface area contributed by atoms with Crippen LogP contribution in [0.5, 0.6) is 5.75 Å². The minimum Gasteiger partial charge on any atom is -0.493 e. The van der Waals surface area contributed by atoms with Gasteiger partial charge in [0.1, 0.15) is 11.3 Å². The molecule has 32 heavy (non-hydrogen) atoms. The van der Waals surface area contributed by atoms with Gasteiger partial charge in [0.05, 0.1) is 36.4 Å². The number of anilines is 1. The summed E-state index contributed by atoms with van der Waals surface area (Å²) in [7, 11) is 0. The van der Waals surface area contributed by atoms with Crippen LogP contribution in [0.1, 0.15) is 35.8 Å². The lowest BCUT2D eigenvalue weighted by molar-refractivity contribution is -0.155. The van der Waals surface area contributed by atoms with Crippen LogP contribution in [-0.4, -0.2) is 41.4 Å². The van der Waals surface area contributed by atoms with Crippen LogP contribution in [-0.2, 0) is 14.3 Å². The normalized spacial score (nSPS) is 27.9. The van der Waals surface area contributed by atoms with Gasteiger partial charge in [0.25, 0.3) is 11.8 Å². The molecule has 2 aromatic carbocycles. The molecule has 3 aliphatic heterocycles. The summed E-state index contributed by atoms with van der Waals surface area (Å²) in [6, 6.07) is 9.27. The van der Waals surface area contributed by atoms with Crippen molar-refractivity contribution in [1.29, 1.82) is 0 Å². The second-order valence-corrected chi connectivity index (χ2v) is 9.17. The molecule has 5 rings (SSSR count). The molecule has 3 unspecified atom stereocenters. The third kappa shape index (κ3) is 2.84. The van der Waals surface area contributed by atoms with Gasteiger partial charge in [-0.3, -0.25) is 14.4 Å². The Hall–Kier alpha value is -2.77. The summed E-state index contributed by atoms with van der Waals surface area (Å²) in [4.78, 5) is 42.3. The average Bonchev–Trinajstić information content (AvgIpc) is 2.99. The molecule has 0 aliphatic carbocycles. The van der Waals surface area contributed by atoms with Crippen molar-refractivity contribution in [2.75, 3.05) is 18.5 Å². The van der Waals surface area contributed by atoms with Gasteiger partial charge in [0.15, 0.2) is 0 Å². The van der Waals surface area contributed by atoms with Gasteiger partial charge in [-0.1, -0.05) is 23.2 Å². The number of halogens is 2. The molecule has 2 aromatic rings. The first-order valence-electron chi connectivity index (χ1n) is 10.3. The predicted octanol–water partition coefficient (Wildman–Crippen LogP) is 4.09. The van der Waals surface area contributed by atoms with E-state index in [9.17, 15) is 14.4 Å². The monoisotopic (exact) mass is 474 g/mol. The molecule has 7 nitrogen and oxygen atoms in total. The first-order chi connectivity index (χ1) is 15.3. The van der Waals surface area contributed by atoms with Crippen molar-refractivity contribution >= 4 is 46.7 Å². The summed E-state index contributed by atoms with van der Waals surface area (Å²) in [5.74, 6) is -2.28. The predicted molar refractivity (Wildman–Crippen MR) is 118 cm³/mol. The average molecular weight is 475 g/mol. The van der Waals surface area contributed by atoms with Crippen LogP contribution in [0.25, 0.3) is 0 Å². The highest BCUT2D eigenvalue weighted by molar-refractivity contribution is 6.31. The maximum atomic E-state index is 13.9. The smallest absolute Gasteiger partial charge is 0.312 e. The zero-order valence-electron chi connectivity index (χ0n) is 17.4. The van der Waals surface area contributed by atoms with Crippen molar-refractivity contribution in [1.82, 2.24) is 4.90 Å². The fourth-order valence-corrected chi connectivity index (χ4v) is 5.62. The molecule has 2 amide bonds. The molecular weight excluding hydrogens is 455 g/mol. The molecule has 1 N–H and O–H groups in total. The van der Waals surface area contributed by atoms with Crippen molar-refractivity contribution in [2.45, 2.75) is 25.4 Å². The lowest BCUT2D eigenvalue weighted by Crippen LogP contribution is -2.57. The number of hydrogen-bond acceptors (Lipinski definition) is 5. The molecule has 0 spiro atoms. The number of nitrogens with one attached hydrogen (secondary N) is 1. The molecule has 1 saturated heterocycles. The summed E-state index contributed by atoms with van der Waals surface area (Å²) in [5.41, 5.74) is -0.256. The second kappa shape index (κ2) is 7.39. The first-order valence-corrected chi connectivity index (χ1v) is 11.1. The Balaban J connectivity index is 1.76. The highest BCUT2D eigenvalue weighted by atomic mass is 35.5. The number of benzene rings is 2. The van der Waals surface area contributed by atoms with Crippen molar-refractivity contribution in [2.24, 2.45) is 11.8 Å². The van der Waals surface area contributed by atoms with Crippen molar-refractivity contribution in [3.05, 3.63) is 57.6 Å². The minimum absolute atomic E-state index is 0.150. The van der Waals surface area contributed by atoms with Gasteiger partial charge in [0.2, 0.25) is 0 Å². The maximum Gasteiger partial charge on any atom is 0.312 e. The summed E-state index contributed by atoms with van der Waals surface area (Å²) in [6.45, 7) is 3.62. The lowest BCUT2D eigenvalue weighted by Gasteiger charge is -2.38. The molecule has 3 heterocycles. The standard InChI is InChI=1S/C23H20Cl2N2O5/c1-3-31-21(29)18-15-10-32-17-7-5-11(24)8-14(17)19(15)27-20(28)13-6-4-12(25)9-16(13)26-22(30)23(18,27)2/h4-9,15,18-19H,3,10H2,1-2H3,(H,26,30)/t15?,18?,19?,23-/m1/s1. The topological polar surface area (TPSA) is 84.9 Å². The van der Waals surface area contributed by atoms with E-state index >= 15 is 0 Å². The Bertz CT molecular complexity index is 1170. The van der Waals surface area contributed by atoms with E-state index in [1.165, 1.54) is 11.0 Å². The van der Waals surface area contributed by atoms with Crippen LogP contribution in [0.4, 0.5) is 5.69 Å². The Kier molecular flexibility index (Phi) is 4.87. The molecule has 3 aliphatic rings. The Morgan fingerprint density at radius 3 is 2.69 bits per heavy atom. The first kappa shape index (κ1) is 21.1. The largest absolute Gasteiger partial charge is 0.493 e. The molecule has 0 saturated carbocycles. The van der Waals surface area contributed by atoms with Gasteiger partial charge in [0, 0.05) is 21.5 Å². The number of fused-ring (bicyclic) bond motifs is 6. The number of nitrogens with zero attached hydrogens (tertiary/aromatic N) is 1. The molecular formula is C23H20Cl2N2O5. The van der Waals surface area contributed by atoms with Crippen LogP contribution < -0.4 is 10.1 Å². The Morgan fingerprint density at radius 2 is 1.94 bits per heavy atom. The SMILES string of the molecule is CCOC(=O)C1C2COc3ccc(Cl)cc3C2N2C(=O)c3ccc(Cl)cc3NC(=O)[C@@]12C. The number of rotatable bonds is 2. The van der Waals surface area contributed by atoms with Gasteiger partial charge < -0.3 is 19.7 Å². The zero-order chi connectivity index (χ0) is 22.8. The van der Waals surface area contributed by atoms with Gasteiger partial charge in [-0.05, 0) is 50.2 Å². The van der Waals surface area contributed by atoms with E-state index < -0.39 is 35.3 Å². The van der Waals surface area contributed by atoms with E-state index in [-0.39, 0.29) is 19.1 Å². The van der Waals surface area contributed by atoms with Crippen LogP contribution in [0.15, 0.2) is 36.4 Å². The van der Waals surface area contributed by atoms with Crippen LogP contribution in [0.3, 0.4) is 0 Å². The molecule has 0 bridgehead atoms. The third-order valence-corrected chi connectivity index (χ3v) is 7.09. The number of ether oxygens (including phenoxy) is 2. The molecule has 1 fully saturated rings. The maximum absolute atomic E-state index is 13.9. The van der Waals surface area contributed by atoms with Crippen molar-refractivity contribution in [3.63, 3.8) is 0 Å². The van der Waals surface area contributed by atoms with Crippen molar-refractivity contribution in [3.8, 4) is 5.75 Å². The minimum atomic E-state index is -1.52.